The maximum atomic E-state index is 12.0. The first kappa shape index (κ1) is 15.1. The molecule has 0 fully saturated rings. The van der Waals surface area contributed by atoms with Gasteiger partial charge in [0.2, 0.25) is 0 Å². The van der Waals surface area contributed by atoms with Gasteiger partial charge in [-0.15, -0.1) is 0 Å². The van der Waals surface area contributed by atoms with Gasteiger partial charge in [-0.25, -0.2) is 4.79 Å². The van der Waals surface area contributed by atoms with Crippen LogP contribution >= 0.6 is 0 Å². The fourth-order valence-corrected chi connectivity index (χ4v) is 3.07. The highest BCUT2D eigenvalue weighted by Crippen LogP contribution is 2.30. The van der Waals surface area contributed by atoms with E-state index in [1.165, 1.54) is 5.57 Å². The SMILES string of the molecule is O=C(NCCC1=CCOCC1)N[C@H]1c2ccccc2C[C@H]1O. The zero-order valence-corrected chi connectivity index (χ0v) is 12.5. The van der Waals surface area contributed by atoms with Crippen molar-refractivity contribution in [1.82, 2.24) is 10.6 Å². The molecule has 0 aromatic heterocycles. The molecule has 1 aliphatic carbocycles. The Morgan fingerprint density at radius 1 is 1.36 bits per heavy atom. The van der Waals surface area contributed by atoms with Crippen molar-refractivity contribution in [3.63, 3.8) is 0 Å². The molecule has 0 bridgehead atoms. The molecule has 0 unspecified atom stereocenters. The normalized spacial score (nSPS) is 23.6. The topological polar surface area (TPSA) is 70.6 Å². The Morgan fingerprint density at radius 2 is 2.23 bits per heavy atom. The fourth-order valence-electron chi connectivity index (χ4n) is 3.07. The molecular formula is C17H22N2O3. The Kier molecular flexibility index (Phi) is 4.75. The van der Waals surface area contributed by atoms with Gasteiger partial charge in [-0.1, -0.05) is 35.9 Å². The first-order chi connectivity index (χ1) is 10.7. The summed E-state index contributed by atoms with van der Waals surface area (Å²) >= 11 is 0. The molecule has 1 aliphatic heterocycles. The third-order valence-electron chi connectivity index (χ3n) is 4.28. The second-order valence-electron chi connectivity index (χ2n) is 5.79. The predicted octanol–water partition coefficient (Wildman–Crippen LogP) is 1.68. The molecule has 0 saturated heterocycles. The van der Waals surface area contributed by atoms with E-state index in [-0.39, 0.29) is 12.1 Å². The van der Waals surface area contributed by atoms with Gasteiger partial charge in [-0.05, 0) is 24.0 Å². The molecule has 2 amide bonds. The van der Waals surface area contributed by atoms with Gasteiger partial charge in [0.05, 0.1) is 25.4 Å². The Morgan fingerprint density at radius 3 is 3.05 bits per heavy atom. The number of nitrogens with one attached hydrogen (secondary N) is 2. The van der Waals surface area contributed by atoms with E-state index in [1.807, 2.05) is 24.3 Å². The molecule has 0 saturated carbocycles. The fraction of sp³-hybridized carbons (Fsp3) is 0.471. The molecular weight excluding hydrogens is 280 g/mol. The highest BCUT2D eigenvalue weighted by Gasteiger charge is 2.31. The summed E-state index contributed by atoms with van der Waals surface area (Å²) in [5, 5.41) is 15.9. The number of amides is 2. The predicted molar refractivity (Wildman–Crippen MR) is 83.6 cm³/mol. The van der Waals surface area contributed by atoms with Crippen LogP contribution in [0.4, 0.5) is 4.79 Å². The van der Waals surface area contributed by atoms with Crippen molar-refractivity contribution >= 4 is 6.03 Å². The Balaban J connectivity index is 1.48. The number of aliphatic hydroxyl groups is 1. The van der Waals surface area contributed by atoms with Crippen LogP contribution in [-0.2, 0) is 11.2 Å². The number of hydrogen-bond donors (Lipinski definition) is 3. The van der Waals surface area contributed by atoms with Crippen LogP contribution in [0.25, 0.3) is 0 Å². The second-order valence-corrected chi connectivity index (χ2v) is 5.79. The molecule has 1 aromatic carbocycles. The summed E-state index contributed by atoms with van der Waals surface area (Å²) in [6, 6.07) is 7.29. The van der Waals surface area contributed by atoms with Gasteiger partial charge in [-0.2, -0.15) is 0 Å². The van der Waals surface area contributed by atoms with E-state index in [1.54, 1.807) is 0 Å². The number of ether oxygens (including phenoxy) is 1. The van der Waals surface area contributed by atoms with Crippen molar-refractivity contribution in [2.24, 2.45) is 0 Å². The van der Waals surface area contributed by atoms with E-state index in [2.05, 4.69) is 16.7 Å². The highest BCUT2D eigenvalue weighted by atomic mass is 16.5. The van der Waals surface area contributed by atoms with Gasteiger partial charge in [0.1, 0.15) is 0 Å². The second kappa shape index (κ2) is 6.94. The lowest BCUT2D eigenvalue weighted by Crippen LogP contribution is -2.41. The molecule has 5 heteroatoms. The van der Waals surface area contributed by atoms with Crippen molar-refractivity contribution < 1.29 is 14.6 Å². The minimum atomic E-state index is -0.554. The smallest absolute Gasteiger partial charge is 0.315 e. The zero-order valence-electron chi connectivity index (χ0n) is 12.5. The molecule has 22 heavy (non-hydrogen) atoms. The van der Waals surface area contributed by atoms with E-state index in [4.69, 9.17) is 4.74 Å². The summed E-state index contributed by atoms with van der Waals surface area (Å²) in [5.74, 6) is 0. The van der Waals surface area contributed by atoms with Crippen LogP contribution in [-0.4, -0.2) is 37.0 Å². The van der Waals surface area contributed by atoms with Crippen molar-refractivity contribution in [1.29, 1.82) is 0 Å². The van der Waals surface area contributed by atoms with Crippen LogP contribution in [0, 0.1) is 0 Å². The summed E-state index contributed by atoms with van der Waals surface area (Å²) < 4.78 is 5.26. The van der Waals surface area contributed by atoms with Crippen LogP contribution in [0.5, 0.6) is 0 Å². The Labute approximate surface area is 130 Å². The van der Waals surface area contributed by atoms with Crippen LogP contribution in [0.1, 0.15) is 30.0 Å². The van der Waals surface area contributed by atoms with Gasteiger partial charge in [0.15, 0.2) is 0 Å². The van der Waals surface area contributed by atoms with E-state index in [9.17, 15) is 9.90 Å². The number of carbonyl (C=O) groups is 1. The zero-order chi connectivity index (χ0) is 15.4. The number of carbonyl (C=O) groups excluding carboxylic acids is 1. The van der Waals surface area contributed by atoms with Gasteiger partial charge in [-0.3, -0.25) is 0 Å². The monoisotopic (exact) mass is 302 g/mol. The molecule has 2 aliphatic rings. The lowest BCUT2D eigenvalue weighted by Gasteiger charge is -2.19. The van der Waals surface area contributed by atoms with Crippen molar-refractivity contribution in [2.45, 2.75) is 31.4 Å². The van der Waals surface area contributed by atoms with E-state index < -0.39 is 6.10 Å². The number of urea groups is 1. The lowest BCUT2D eigenvalue weighted by atomic mass is 10.1. The summed E-state index contributed by atoms with van der Waals surface area (Å²) in [4.78, 5) is 12.0. The molecule has 0 spiro atoms. The van der Waals surface area contributed by atoms with Crippen molar-refractivity contribution in [3.8, 4) is 0 Å². The molecule has 1 aromatic rings. The first-order valence-electron chi connectivity index (χ1n) is 7.80. The maximum Gasteiger partial charge on any atom is 0.315 e. The standard InChI is InChI=1S/C17H22N2O3/c20-15-11-13-3-1-2-4-14(13)16(15)19-17(21)18-8-5-12-6-9-22-10-7-12/h1-4,6,15-16,20H,5,7-11H2,(H2,18,19,21)/t15-,16+/m1/s1. The van der Waals surface area contributed by atoms with Gasteiger partial charge in [0.25, 0.3) is 0 Å². The summed E-state index contributed by atoms with van der Waals surface area (Å²) in [5.41, 5.74) is 3.45. The highest BCUT2D eigenvalue weighted by molar-refractivity contribution is 5.74. The van der Waals surface area contributed by atoms with Crippen molar-refractivity contribution in [2.75, 3.05) is 19.8 Å². The molecule has 0 radical (unpaired) electrons. The van der Waals surface area contributed by atoms with Gasteiger partial charge < -0.3 is 20.5 Å². The maximum absolute atomic E-state index is 12.0. The number of hydrogen-bond acceptors (Lipinski definition) is 3. The minimum Gasteiger partial charge on any atom is -0.390 e. The number of rotatable bonds is 4. The number of fused-ring (bicyclic) bond motifs is 1. The number of benzene rings is 1. The van der Waals surface area contributed by atoms with Crippen LogP contribution in [0.2, 0.25) is 0 Å². The molecule has 1 heterocycles. The van der Waals surface area contributed by atoms with Crippen LogP contribution < -0.4 is 10.6 Å². The molecule has 2 atom stereocenters. The minimum absolute atomic E-state index is 0.228. The average Bonchev–Trinajstić information content (AvgIpc) is 2.84. The largest absolute Gasteiger partial charge is 0.390 e. The molecule has 3 rings (SSSR count). The van der Waals surface area contributed by atoms with E-state index in [0.717, 1.165) is 30.6 Å². The third-order valence-corrected chi connectivity index (χ3v) is 4.28. The summed E-state index contributed by atoms with van der Waals surface area (Å²) in [7, 11) is 0. The molecule has 118 valence electrons. The quantitative estimate of drug-likeness (QED) is 0.741. The van der Waals surface area contributed by atoms with Crippen LogP contribution in [0.3, 0.4) is 0 Å². The van der Waals surface area contributed by atoms with Crippen molar-refractivity contribution in [3.05, 3.63) is 47.0 Å². The third kappa shape index (κ3) is 3.48. The molecule has 5 nitrogen and oxygen atoms in total. The van der Waals surface area contributed by atoms with Gasteiger partial charge in [0, 0.05) is 13.0 Å². The average molecular weight is 302 g/mol. The summed E-state index contributed by atoms with van der Waals surface area (Å²) in [6.07, 6.45) is 3.91. The summed E-state index contributed by atoms with van der Waals surface area (Å²) in [6.45, 7) is 2.04. The first-order valence-corrected chi connectivity index (χ1v) is 7.80. The van der Waals surface area contributed by atoms with E-state index in [0.29, 0.717) is 19.6 Å². The van der Waals surface area contributed by atoms with Gasteiger partial charge >= 0.3 is 6.03 Å². The van der Waals surface area contributed by atoms with Crippen LogP contribution in [0.15, 0.2) is 35.9 Å². The lowest BCUT2D eigenvalue weighted by molar-refractivity contribution is 0.142. The Bertz CT molecular complexity index is 571. The number of aliphatic hydroxyl groups excluding tert-OH is 1. The van der Waals surface area contributed by atoms with E-state index >= 15 is 0 Å². The Hall–Kier alpha value is -1.85. The molecule has 3 N–H and O–H groups in total.